The van der Waals surface area contributed by atoms with Gasteiger partial charge in [-0.25, -0.2) is 0 Å². The molecule has 108 valence electrons. The highest BCUT2D eigenvalue weighted by Crippen LogP contribution is 2.50. The number of carboxylic acids is 1. The van der Waals surface area contributed by atoms with Gasteiger partial charge in [0.25, 0.3) is 0 Å². The van der Waals surface area contributed by atoms with Crippen LogP contribution in [0, 0.1) is 0 Å². The molecule has 0 aliphatic heterocycles. The molecule has 1 aromatic carbocycles. The molecule has 0 aromatic heterocycles. The van der Waals surface area contributed by atoms with Crippen LogP contribution in [0.15, 0.2) is 18.2 Å². The third kappa shape index (κ3) is 1.94. The smallest absolute Gasteiger partial charge is 0.314 e. The Balaban J connectivity index is 2.02. The summed E-state index contributed by atoms with van der Waals surface area (Å²) in [4.78, 5) is 11.7. The second-order valence-electron chi connectivity index (χ2n) is 5.75. The van der Waals surface area contributed by atoms with Gasteiger partial charge in [0.05, 0.1) is 18.6 Å². The maximum atomic E-state index is 11.7. The van der Waals surface area contributed by atoms with Crippen molar-refractivity contribution in [2.75, 3.05) is 7.11 Å². The molecule has 0 heterocycles. The van der Waals surface area contributed by atoms with Crippen LogP contribution in [0.25, 0.3) is 0 Å². The zero-order valence-corrected chi connectivity index (χ0v) is 11.7. The Hall–Kier alpha value is -1.71. The van der Waals surface area contributed by atoms with Crippen LogP contribution in [0.1, 0.15) is 44.1 Å². The van der Waals surface area contributed by atoms with E-state index in [4.69, 9.17) is 9.47 Å². The first-order valence-electron chi connectivity index (χ1n) is 7.25. The average Bonchev–Trinajstić information content (AvgIpc) is 2.32. The van der Waals surface area contributed by atoms with Crippen LogP contribution in [0.4, 0.5) is 0 Å². The van der Waals surface area contributed by atoms with Gasteiger partial charge in [-0.05, 0) is 38.2 Å². The molecule has 0 amide bonds. The average molecular weight is 276 g/mol. The summed E-state index contributed by atoms with van der Waals surface area (Å²) in [7, 11) is 1.60. The van der Waals surface area contributed by atoms with E-state index in [0.717, 1.165) is 24.8 Å². The summed E-state index contributed by atoms with van der Waals surface area (Å²) >= 11 is 0. The molecule has 1 N–H and O–H groups in total. The fourth-order valence-corrected chi connectivity index (χ4v) is 2.96. The Labute approximate surface area is 118 Å². The molecule has 0 radical (unpaired) electrons. The van der Waals surface area contributed by atoms with Crippen molar-refractivity contribution >= 4 is 5.97 Å². The number of hydrogen-bond acceptors (Lipinski definition) is 3. The van der Waals surface area contributed by atoms with E-state index in [2.05, 4.69) is 0 Å². The normalized spacial score (nSPS) is 20.6. The van der Waals surface area contributed by atoms with Gasteiger partial charge in [0, 0.05) is 5.56 Å². The van der Waals surface area contributed by atoms with Crippen LogP contribution >= 0.6 is 0 Å². The second kappa shape index (κ2) is 5.00. The molecule has 20 heavy (non-hydrogen) atoms. The van der Waals surface area contributed by atoms with E-state index in [1.165, 1.54) is 6.42 Å². The van der Waals surface area contributed by atoms with E-state index >= 15 is 0 Å². The summed E-state index contributed by atoms with van der Waals surface area (Å²) in [6.45, 7) is 0. The molecule has 1 aromatic rings. The lowest BCUT2D eigenvalue weighted by molar-refractivity contribution is -0.147. The predicted molar refractivity (Wildman–Crippen MR) is 74.4 cm³/mol. The third-order valence-corrected chi connectivity index (χ3v) is 4.67. The van der Waals surface area contributed by atoms with Crippen molar-refractivity contribution in [2.45, 2.75) is 50.0 Å². The first kappa shape index (κ1) is 13.3. The Morgan fingerprint density at radius 1 is 1.30 bits per heavy atom. The fraction of sp³-hybridized carbons (Fsp3) is 0.562. The van der Waals surface area contributed by atoms with Crippen molar-refractivity contribution in [3.63, 3.8) is 0 Å². The Morgan fingerprint density at radius 2 is 2.05 bits per heavy atom. The zero-order chi connectivity index (χ0) is 14.2. The second-order valence-corrected chi connectivity index (χ2v) is 5.75. The molecule has 2 fully saturated rings. The van der Waals surface area contributed by atoms with Crippen molar-refractivity contribution in [2.24, 2.45) is 0 Å². The predicted octanol–water partition coefficient (Wildman–Crippen LogP) is 3.13. The Kier molecular flexibility index (Phi) is 3.32. The number of benzene rings is 1. The topological polar surface area (TPSA) is 55.8 Å². The molecular formula is C16H20O4. The van der Waals surface area contributed by atoms with E-state index in [-0.39, 0.29) is 6.10 Å². The molecule has 2 aliphatic rings. The third-order valence-electron chi connectivity index (χ3n) is 4.67. The molecule has 2 saturated carbocycles. The van der Waals surface area contributed by atoms with Gasteiger partial charge in [0.15, 0.2) is 11.5 Å². The Bertz CT molecular complexity index is 515. The summed E-state index contributed by atoms with van der Waals surface area (Å²) in [5.41, 5.74) is -0.00401. The van der Waals surface area contributed by atoms with E-state index in [9.17, 15) is 9.90 Å². The largest absolute Gasteiger partial charge is 0.493 e. The van der Waals surface area contributed by atoms with Gasteiger partial charge in [-0.1, -0.05) is 18.6 Å². The van der Waals surface area contributed by atoms with Crippen LogP contribution in [-0.2, 0) is 10.2 Å². The van der Waals surface area contributed by atoms with Gasteiger partial charge < -0.3 is 14.6 Å². The van der Waals surface area contributed by atoms with Crippen LogP contribution < -0.4 is 9.47 Å². The standard InChI is InChI=1S/C16H20O4/c1-19-13-8-3-7-12(14(13)20-11-5-2-6-11)16(15(17)18)9-4-10-16/h3,7-8,11H,2,4-6,9-10H2,1H3,(H,17,18). The van der Waals surface area contributed by atoms with Crippen LogP contribution in [0.2, 0.25) is 0 Å². The molecule has 3 rings (SSSR count). The number of rotatable bonds is 5. The number of methoxy groups -OCH3 is 1. The van der Waals surface area contributed by atoms with Crippen LogP contribution in [0.3, 0.4) is 0 Å². The van der Waals surface area contributed by atoms with Crippen molar-refractivity contribution in [3.05, 3.63) is 23.8 Å². The molecule has 0 spiro atoms. The number of ether oxygens (including phenoxy) is 2. The summed E-state index contributed by atoms with van der Waals surface area (Å²) in [5.74, 6) is 0.527. The van der Waals surface area contributed by atoms with Gasteiger partial charge in [-0.3, -0.25) is 4.79 Å². The minimum Gasteiger partial charge on any atom is -0.493 e. The minimum absolute atomic E-state index is 0.205. The summed E-state index contributed by atoms with van der Waals surface area (Å²) < 4.78 is 11.4. The number of para-hydroxylation sites is 1. The molecule has 2 aliphatic carbocycles. The van der Waals surface area contributed by atoms with Crippen molar-refractivity contribution in [3.8, 4) is 11.5 Å². The van der Waals surface area contributed by atoms with E-state index in [1.54, 1.807) is 7.11 Å². The summed E-state index contributed by atoms with van der Waals surface area (Å²) in [6, 6.07) is 5.57. The zero-order valence-electron chi connectivity index (χ0n) is 11.7. The van der Waals surface area contributed by atoms with Gasteiger partial charge in [-0.2, -0.15) is 0 Å². The lowest BCUT2D eigenvalue weighted by Crippen LogP contribution is -2.43. The van der Waals surface area contributed by atoms with E-state index < -0.39 is 11.4 Å². The summed E-state index contributed by atoms with van der Waals surface area (Å²) in [6.07, 6.45) is 5.77. The quantitative estimate of drug-likeness (QED) is 0.897. The molecule has 0 bridgehead atoms. The lowest BCUT2D eigenvalue weighted by atomic mass is 9.64. The first-order valence-corrected chi connectivity index (χ1v) is 7.25. The van der Waals surface area contributed by atoms with Gasteiger partial charge >= 0.3 is 5.97 Å². The maximum Gasteiger partial charge on any atom is 0.314 e. The highest BCUT2D eigenvalue weighted by atomic mass is 16.5. The minimum atomic E-state index is -0.784. The highest BCUT2D eigenvalue weighted by Gasteiger charge is 2.48. The van der Waals surface area contributed by atoms with Gasteiger partial charge in [0.2, 0.25) is 0 Å². The molecule has 0 saturated heterocycles. The van der Waals surface area contributed by atoms with Crippen molar-refractivity contribution in [1.29, 1.82) is 0 Å². The van der Waals surface area contributed by atoms with E-state index in [0.29, 0.717) is 24.3 Å². The monoisotopic (exact) mass is 276 g/mol. The molecule has 4 heteroatoms. The van der Waals surface area contributed by atoms with Crippen LogP contribution in [-0.4, -0.2) is 24.3 Å². The maximum absolute atomic E-state index is 11.7. The van der Waals surface area contributed by atoms with Gasteiger partial charge in [0.1, 0.15) is 0 Å². The Morgan fingerprint density at radius 3 is 2.50 bits per heavy atom. The first-order chi connectivity index (χ1) is 9.67. The molecule has 4 nitrogen and oxygen atoms in total. The SMILES string of the molecule is COc1cccc(C2(C(=O)O)CCC2)c1OC1CCC1. The number of carbonyl (C=O) groups is 1. The summed E-state index contributed by atoms with van der Waals surface area (Å²) in [5, 5.41) is 9.63. The van der Waals surface area contributed by atoms with Crippen LogP contribution in [0.5, 0.6) is 11.5 Å². The lowest BCUT2D eigenvalue weighted by Gasteiger charge is -2.40. The van der Waals surface area contributed by atoms with Crippen molar-refractivity contribution in [1.82, 2.24) is 0 Å². The fourth-order valence-electron chi connectivity index (χ4n) is 2.96. The van der Waals surface area contributed by atoms with Crippen molar-refractivity contribution < 1.29 is 19.4 Å². The van der Waals surface area contributed by atoms with Gasteiger partial charge in [-0.15, -0.1) is 0 Å². The molecule has 0 unspecified atom stereocenters. The molecule has 0 atom stereocenters. The number of hydrogen-bond donors (Lipinski definition) is 1. The number of aliphatic carboxylic acids is 1. The number of carboxylic acid groups (broad SMARTS) is 1. The highest BCUT2D eigenvalue weighted by molar-refractivity contribution is 5.84. The molecular weight excluding hydrogens is 256 g/mol. The van der Waals surface area contributed by atoms with E-state index in [1.807, 2.05) is 18.2 Å².